The van der Waals surface area contributed by atoms with Crippen molar-refractivity contribution >= 4 is 23.4 Å². The molecule has 0 spiro atoms. The first kappa shape index (κ1) is 12.5. The van der Waals surface area contributed by atoms with E-state index in [1.165, 1.54) is 10.5 Å². The first-order valence-electron chi connectivity index (χ1n) is 5.87. The summed E-state index contributed by atoms with van der Waals surface area (Å²) in [7, 11) is 0. The highest BCUT2D eigenvalue weighted by molar-refractivity contribution is 7.99. The lowest BCUT2D eigenvalue weighted by atomic mass is 10.0. The molecule has 1 amide bonds. The van der Waals surface area contributed by atoms with E-state index in [0.717, 1.165) is 30.8 Å². The topological polar surface area (TPSA) is 40.5 Å². The van der Waals surface area contributed by atoms with E-state index in [2.05, 4.69) is 6.07 Å². The van der Waals surface area contributed by atoms with Crippen molar-refractivity contribution in [1.82, 2.24) is 0 Å². The van der Waals surface area contributed by atoms with Crippen LogP contribution in [0.3, 0.4) is 0 Å². The third kappa shape index (κ3) is 2.82. The Kier molecular flexibility index (Phi) is 4.07. The van der Waals surface area contributed by atoms with E-state index in [1.54, 1.807) is 18.7 Å². The van der Waals surface area contributed by atoms with Gasteiger partial charge >= 0.3 is 0 Å². The Morgan fingerprint density at radius 2 is 2.35 bits per heavy atom. The normalized spacial score (nSPS) is 14.6. The monoisotopic (exact) mass is 251 g/mol. The molecule has 0 aliphatic carbocycles. The van der Waals surface area contributed by atoms with E-state index >= 15 is 0 Å². The fraction of sp³-hybridized carbons (Fsp3) is 0.462. The van der Waals surface area contributed by atoms with Crippen molar-refractivity contribution in [3.05, 3.63) is 23.8 Å². The molecule has 4 heteroatoms. The summed E-state index contributed by atoms with van der Waals surface area (Å²) in [5.41, 5.74) is 2.30. The molecule has 1 aliphatic rings. The Morgan fingerprint density at radius 1 is 1.53 bits per heavy atom. The Balaban J connectivity index is 2.23. The highest BCUT2D eigenvalue weighted by atomic mass is 32.2. The second-order valence-electron chi connectivity index (χ2n) is 4.14. The quantitative estimate of drug-likeness (QED) is 0.836. The van der Waals surface area contributed by atoms with Crippen molar-refractivity contribution in [3.63, 3.8) is 0 Å². The SMILES string of the molecule is CC(=O)N1CCCc2cc(SCCO)ccc21. The standard InChI is InChI=1S/C13H17NO2S/c1-10(16)14-6-2-3-11-9-12(17-8-7-15)4-5-13(11)14/h4-5,9,15H,2-3,6-8H2,1H3. The number of aliphatic hydroxyl groups is 1. The van der Waals surface area contributed by atoms with Crippen molar-refractivity contribution < 1.29 is 9.90 Å². The van der Waals surface area contributed by atoms with E-state index in [1.807, 2.05) is 17.0 Å². The second kappa shape index (κ2) is 5.56. The fourth-order valence-corrected chi connectivity index (χ4v) is 2.87. The average Bonchev–Trinajstić information content (AvgIpc) is 2.35. The first-order chi connectivity index (χ1) is 8.22. The number of aliphatic hydroxyl groups excluding tert-OH is 1. The van der Waals surface area contributed by atoms with Crippen LogP contribution in [0.5, 0.6) is 0 Å². The number of carbonyl (C=O) groups is 1. The highest BCUT2D eigenvalue weighted by Crippen LogP contribution is 2.31. The number of hydrogen-bond donors (Lipinski definition) is 1. The van der Waals surface area contributed by atoms with E-state index in [4.69, 9.17) is 5.11 Å². The zero-order valence-corrected chi connectivity index (χ0v) is 10.8. The van der Waals surface area contributed by atoms with Crippen LogP contribution >= 0.6 is 11.8 Å². The molecule has 3 nitrogen and oxygen atoms in total. The van der Waals surface area contributed by atoms with Crippen molar-refractivity contribution in [2.24, 2.45) is 0 Å². The van der Waals surface area contributed by atoms with Crippen LogP contribution in [0.1, 0.15) is 18.9 Å². The number of benzene rings is 1. The van der Waals surface area contributed by atoms with Gasteiger partial charge in [0.15, 0.2) is 0 Å². The predicted molar refractivity (Wildman–Crippen MR) is 70.6 cm³/mol. The molecule has 1 aromatic rings. The molecule has 0 aromatic heterocycles. The van der Waals surface area contributed by atoms with Crippen LogP contribution in [0.15, 0.2) is 23.1 Å². The molecule has 0 saturated heterocycles. The summed E-state index contributed by atoms with van der Waals surface area (Å²) in [6.07, 6.45) is 2.06. The fourth-order valence-electron chi connectivity index (χ4n) is 2.15. The molecular formula is C13H17NO2S. The summed E-state index contributed by atoms with van der Waals surface area (Å²) in [4.78, 5) is 14.5. The third-order valence-corrected chi connectivity index (χ3v) is 3.88. The Morgan fingerprint density at radius 3 is 3.06 bits per heavy atom. The van der Waals surface area contributed by atoms with E-state index < -0.39 is 0 Å². The van der Waals surface area contributed by atoms with E-state index in [-0.39, 0.29) is 12.5 Å². The van der Waals surface area contributed by atoms with Gasteiger partial charge in [-0.1, -0.05) is 0 Å². The number of carbonyl (C=O) groups excluding carboxylic acids is 1. The molecule has 0 saturated carbocycles. The molecule has 0 fully saturated rings. The van der Waals surface area contributed by atoms with Gasteiger partial charge in [0.2, 0.25) is 5.91 Å². The maximum atomic E-state index is 11.5. The minimum absolute atomic E-state index is 0.113. The van der Waals surface area contributed by atoms with Gasteiger partial charge in [-0.15, -0.1) is 11.8 Å². The second-order valence-corrected chi connectivity index (χ2v) is 5.31. The molecule has 2 rings (SSSR count). The zero-order valence-electron chi connectivity index (χ0n) is 9.98. The maximum absolute atomic E-state index is 11.5. The highest BCUT2D eigenvalue weighted by Gasteiger charge is 2.19. The first-order valence-corrected chi connectivity index (χ1v) is 6.85. The van der Waals surface area contributed by atoms with Crippen molar-refractivity contribution in [1.29, 1.82) is 0 Å². The Labute approximate surface area is 106 Å². The van der Waals surface area contributed by atoms with Crippen molar-refractivity contribution in [2.45, 2.75) is 24.7 Å². The summed E-state index contributed by atoms with van der Waals surface area (Å²) in [6.45, 7) is 2.64. The van der Waals surface area contributed by atoms with Crippen LogP contribution < -0.4 is 4.90 Å². The van der Waals surface area contributed by atoms with E-state index in [0.29, 0.717) is 0 Å². The molecule has 1 aromatic carbocycles. The molecule has 1 N–H and O–H groups in total. The van der Waals surface area contributed by atoms with Crippen molar-refractivity contribution in [2.75, 3.05) is 23.8 Å². The van der Waals surface area contributed by atoms with Crippen LogP contribution in [0.25, 0.3) is 0 Å². The zero-order chi connectivity index (χ0) is 12.3. The lowest BCUT2D eigenvalue weighted by molar-refractivity contribution is -0.116. The molecule has 17 heavy (non-hydrogen) atoms. The predicted octanol–water partition coefficient (Wildman–Crippen LogP) is 2.07. The molecule has 1 aliphatic heterocycles. The molecule has 0 atom stereocenters. The van der Waals surface area contributed by atoms with Gasteiger partial charge in [-0.25, -0.2) is 0 Å². The summed E-state index contributed by atoms with van der Waals surface area (Å²) in [5, 5.41) is 8.81. The molecule has 0 unspecified atom stereocenters. The van der Waals surface area contributed by atoms with Gasteiger partial charge in [0.1, 0.15) is 0 Å². The maximum Gasteiger partial charge on any atom is 0.223 e. The van der Waals surface area contributed by atoms with Gasteiger partial charge in [-0.05, 0) is 36.6 Å². The minimum atomic E-state index is 0.113. The molecular weight excluding hydrogens is 234 g/mol. The van der Waals surface area contributed by atoms with Gasteiger partial charge < -0.3 is 10.0 Å². The van der Waals surface area contributed by atoms with Crippen LogP contribution in [0.4, 0.5) is 5.69 Å². The summed E-state index contributed by atoms with van der Waals surface area (Å²) >= 11 is 1.65. The largest absolute Gasteiger partial charge is 0.396 e. The van der Waals surface area contributed by atoms with Gasteiger partial charge in [-0.2, -0.15) is 0 Å². The number of anilines is 1. The molecule has 0 bridgehead atoms. The van der Waals surface area contributed by atoms with Gasteiger partial charge in [0.25, 0.3) is 0 Å². The van der Waals surface area contributed by atoms with Crippen LogP contribution in [-0.2, 0) is 11.2 Å². The number of nitrogens with zero attached hydrogens (tertiary/aromatic N) is 1. The summed E-state index contributed by atoms with van der Waals surface area (Å²) in [6, 6.07) is 6.20. The molecule has 0 radical (unpaired) electrons. The number of fused-ring (bicyclic) bond motifs is 1. The lowest BCUT2D eigenvalue weighted by Crippen LogP contribution is -2.33. The molecule has 92 valence electrons. The van der Waals surface area contributed by atoms with Crippen molar-refractivity contribution in [3.8, 4) is 0 Å². The molecule has 1 heterocycles. The summed E-state index contributed by atoms with van der Waals surface area (Å²) in [5.74, 6) is 0.830. The van der Waals surface area contributed by atoms with Gasteiger partial charge in [0.05, 0.1) is 6.61 Å². The number of hydrogen-bond acceptors (Lipinski definition) is 3. The third-order valence-electron chi connectivity index (χ3n) is 2.91. The lowest BCUT2D eigenvalue weighted by Gasteiger charge is -2.28. The number of rotatable bonds is 3. The minimum Gasteiger partial charge on any atom is -0.396 e. The van der Waals surface area contributed by atoms with Crippen LogP contribution in [0, 0.1) is 0 Å². The van der Waals surface area contributed by atoms with E-state index in [9.17, 15) is 4.79 Å². The number of aryl methyl sites for hydroxylation is 1. The van der Waals surface area contributed by atoms with Gasteiger partial charge in [-0.3, -0.25) is 4.79 Å². The Bertz CT molecular complexity index is 420. The van der Waals surface area contributed by atoms with Gasteiger partial charge in [0, 0.05) is 29.8 Å². The number of amides is 1. The summed E-state index contributed by atoms with van der Waals surface area (Å²) < 4.78 is 0. The smallest absolute Gasteiger partial charge is 0.223 e. The van der Waals surface area contributed by atoms with Crippen LogP contribution in [0.2, 0.25) is 0 Å². The average molecular weight is 251 g/mol. The van der Waals surface area contributed by atoms with Crippen LogP contribution in [-0.4, -0.2) is 29.9 Å². The number of thioether (sulfide) groups is 1. The Hall–Kier alpha value is -1.00.